The minimum absolute atomic E-state index is 0.188. The summed E-state index contributed by atoms with van der Waals surface area (Å²) in [4.78, 5) is 26.3. The van der Waals surface area contributed by atoms with E-state index in [2.05, 4.69) is 0 Å². The number of hydrogen-bond donors (Lipinski definition) is 0. The second-order valence-electron chi connectivity index (χ2n) is 5.48. The molecule has 0 spiro atoms. The lowest BCUT2D eigenvalue weighted by molar-refractivity contribution is 0.558. The fourth-order valence-electron chi connectivity index (χ4n) is 2.43. The molecule has 0 aliphatic heterocycles. The number of anilines is 1. The zero-order chi connectivity index (χ0) is 14.8. The molecule has 0 radical (unpaired) electrons. The van der Waals surface area contributed by atoms with Gasteiger partial charge in [0.25, 0.3) is 5.56 Å². The minimum Gasteiger partial charge on any atom is -0.373 e. The van der Waals surface area contributed by atoms with Crippen LogP contribution in [0.15, 0.2) is 52.2 Å². The highest BCUT2D eigenvalue weighted by Crippen LogP contribution is 2.32. The molecule has 1 saturated carbocycles. The van der Waals surface area contributed by atoms with Crippen molar-refractivity contribution < 1.29 is 0 Å². The molecule has 0 N–H and O–H groups in total. The first-order valence-corrected chi connectivity index (χ1v) is 7.25. The second kappa shape index (κ2) is 5.60. The summed E-state index contributed by atoms with van der Waals surface area (Å²) < 4.78 is 3.02. The maximum Gasteiger partial charge on any atom is 0.331 e. The Balaban J connectivity index is 1.77. The van der Waals surface area contributed by atoms with E-state index in [0.29, 0.717) is 13.1 Å². The Kier molecular flexibility index (Phi) is 3.64. The van der Waals surface area contributed by atoms with Crippen molar-refractivity contribution in [3.63, 3.8) is 0 Å². The van der Waals surface area contributed by atoms with Gasteiger partial charge in [0, 0.05) is 44.1 Å². The average molecular weight is 285 g/mol. The molecule has 110 valence electrons. The van der Waals surface area contributed by atoms with Crippen molar-refractivity contribution in [3.05, 3.63) is 63.4 Å². The highest BCUT2D eigenvalue weighted by atomic mass is 16.2. The van der Waals surface area contributed by atoms with Crippen molar-refractivity contribution >= 4 is 5.69 Å². The van der Waals surface area contributed by atoms with Crippen LogP contribution < -0.4 is 16.1 Å². The minimum atomic E-state index is -0.224. The Morgan fingerprint density at radius 3 is 2.52 bits per heavy atom. The highest BCUT2D eigenvalue weighted by molar-refractivity contribution is 5.44. The Hall–Kier alpha value is -2.30. The molecule has 1 aromatic carbocycles. The average Bonchev–Trinajstić information content (AvgIpc) is 3.32. The van der Waals surface area contributed by atoms with Crippen molar-refractivity contribution in [2.45, 2.75) is 25.4 Å². The summed E-state index contributed by atoms with van der Waals surface area (Å²) in [5, 5.41) is 0. The number of rotatable bonds is 5. The monoisotopic (exact) mass is 285 g/mol. The van der Waals surface area contributed by atoms with E-state index < -0.39 is 0 Å². The second-order valence-corrected chi connectivity index (χ2v) is 5.48. The van der Waals surface area contributed by atoms with Crippen LogP contribution in [0, 0.1) is 0 Å². The number of nitrogens with zero attached hydrogens (tertiary/aromatic N) is 3. The molecule has 1 aliphatic carbocycles. The number of aromatic nitrogens is 2. The number of likely N-dealkylation sites (N-methyl/N-ethyl adjacent to an activating group) is 1. The molecule has 3 rings (SSSR count). The largest absolute Gasteiger partial charge is 0.373 e. The lowest BCUT2D eigenvalue weighted by Crippen LogP contribution is -2.41. The fraction of sp³-hybridized carbons (Fsp3) is 0.375. The molecule has 0 atom stereocenters. The van der Waals surface area contributed by atoms with E-state index in [-0.39, 0.29) is 17.3 Å². The number of hydrogen-bond acceptors (Lipinski definition) is 3. The van der Waals surface area contributed by atoms with Crippen LogP contribution >= 0.6 is 0 Å². The summed E-state index contributed by atoms with van der Waals surface area (Å²) >= 11 is 0. The van der Waals surface area contributed by atoms with E-state index >= 15 is 0 Å². The lowest BCUT2D eigenvalue weighted by atomic mass is 10.3. The van der Waals surface area contributed by atoms with Gasteiger partial charge in [-0.2, -0.15) is 0 Å². The number of benzene rings is 1. The summed E-state index contributed by atoms with van der Waals surface area (Å²) in [6, 6.07) is 11.7. The van der Waals surface area contributed by atoms with Gasteiger partial charge in [-0.3, -0.25) is 13.9 Å². The number of para-hydroxylation sites is 1. The van der Waals surface area contributed by atoms with Gasteiger partial charge in [-0.1, -0.05) is 18.2 Å². The summed E-state index contributed by atoms with van der Waals surface area (Å²) in [5.74, 6) is 0. The first kappa shape index (κ1) is 13.7. The predicted molar refractivity (Wildman–Crippen MR) is 82.9 cm³/mol. The van der Waals surface area contributed by atoms with Crippen LogP contribution in [0.25, 0.3) is 0 Å². The Morgan fingerprint density at radius 1 is 1.14 bits per heavy atom. The summed E-state index contributed by atoms with van der Waals surface area (Å²) in [7, 11) is 1.96. The zero-order valence-electron chi connectivity index (χ0n) is 12.1. The van der Waals surface area contributed by atoms with E-state index in [1.165, 1.54) is 10.6 Å². The van der Waals surface area contributed by atoms with Crippen molar-refractivity contribution in [1.82, 2.24) is 9.13 Å². The first-order valence-electron chi connectivity index (χ1n) is 7.25. The molecule has 1 aromatic heterocycles. The molecule has 5 nitrogen and oxygen atoms in total. The summed E-state index contributed by atoms with van der Waals surface area (Å²) in [6.45, 7) is 1.02. The molecular formula is C16H19N3O2. The van der Waals surface area contributed by atoms with Gasteiger partial charge in [-0.25, -0.2) is 4.79 Å². The van der Waals surface area contributed by atoms with Crippen LogP contribution in [-0.2, 0) is 6.54 Å². The first-order chi connectivity index (χ1) is 10.2. The third-order valence-corrected chi connectivity index (χ3v) is 3.89. The third kappa shape index (κ3) is 2.91. The molecule has 0 unspecified atom stereocenters. The SMILES string of the molecule is CN(CCn1c(=O)ccn(C2CC2)c1=O)c1ccccc1. The van der Waals surface area contributed by atoms with Gasteiger partial charge in [0.15, 0.2) is 0 Å². The smallest absolute Gasteiger partial charge is 0.331 e. The molecule has 5 heteroatoms. The molecule has 0 bridgehead atoms. The van der Waals surface area contributed by atoms with Crippen LogP contribution in [-0.4, -0.2) is 22.7 Å². The van der Waals surface area contributed by atoms with Crippen molar-refractivity contribution in [1.29, 1.82) is 0 Å². The molecule has 0 saturated heterocycles. The predicted octanol–water partition coefficient (Wildman–Crippen LogP) is 1.48. The van der Waals surface area contributed by atoms with Gasteiger partial charge in [0.05, 0.1) is 0 Å². The van der Waals surface area contributed by atoms with E-state index in [0.717, 1.165) is 18.5 Å². The molecule has 1 fully saturated rings. The van der Waals surface area contributed by atoms with Crippen molar-refractivity contribution in [2.24, 2.45) is 0 Å². The van der Waals surface area contributed by atoms with E-state index in [9.17, 15) is 9.59 Å². The standard InChI is InChI=1S/C16H19N3O2/c1-17(13-5-3-2-4-6-13)11-12-19-15(20)9-10-18(16(19)21)14-7-8-14/h2-6,9-10,14H,7-8,11-12H2,1H3. The maximum atomic E-state index is 12.3. The molecule has 2 aromatic rings. The molecule has 1 heterocycles. The quantitative estimate of drug-likeness (QED) is 0.836. The molecular weight excluding hydrogens is 266 g/mol. The van der Waals surface area contributed by atoms with Gasteiger partial charge >= 0.3 is 5.69 Å². The lowest BCUT2D eigenvalue weighted by Gasteiger charge is -2.19. The Labute approximate surface area is 123 Å². The highest BCUT2D eigenvalue weighted by Gasteiger charge is 2.25. The van der Waals surface area contributed by atoms with Gasteiger partial charge in [-0.15, -0.1) is 0 Å². The van der Waals surface area contributed by atoms with E-state index in [1.807, 2.05) is 42.3 Å². The van der Waals surface area contributed by atoms with Crippen LogP contribution in [0.2, 0.25) is 0 Å². The van der Waals surface area contributed by atoms with Crippen LogP contribution in [0.1, 0.15) is 18.9 Å². The third-order valence-electron chi connectivity index (χ3n) is 3.89. The Morgan fingerprint density at radius 2 is 1.86 bits per heavy atom. The fourth-order valence-corrected chi connectivity index (χ4v) is 2.43. The summed E-state index contributed by atoms with van der Waals surface area (Å²) in [6.07, 6.45) is 3.68. The van der Waals surface area contributed by atoms with Crippen LogP contribution in [0.5, 0.6) is 0 Å². The van der Waals surface area contributed by atoms with Crippen molar-refractivity contribution in [3.8, 4) is 0 Å². The molecule has 0 amide bonds. The van der Waals surface area contributed by atoms with Crippen LogP contribution in [0.4, 0.5) is 5.69 Å². The summed E-state index contributed by atoms with van der Waals surface area (Å²) in [5.41, 5.74) is 0.661. The molecule has 1 aliphatic rings. The zero-order valence-corrected chi connectivity index (χ0v) is 12.1. The van der Waals surface area contributed by atoms with Gasteiger partial charge < -0.3 is 4.90 Å². The maximum absolute atomic E-state index is 12.3. The van der Waals surface area contributed by atoms with E-state index in [4.69, 9.17) is 0 Å². The van der Waals surface area contributed by atoms with Crippen LogP contribution in [0.3, 0.4) is 0 Å². The topological polar surface area (TPSA) is 47.2 Å². The van der Waals surface area contributed by atoms with Crippen molar-refractivity contribution in [2.75, 3.05) is 18.5 Å². The normalized spacial score (nSPS) is 14.1. The molecule has 21 heavy (non-hydrogen) atoms. The van der Waals surface area contributed by atoms with E-state index in [1.54, 1.807) is 10.8 Å². The van der Waals surface area contributed by atoms with Gasteiger partial charge in [0.1, 0.15) is 0 Å². The van der Waals surface area contributed by atoms with Gasteiger partial charge in [-0.05, 0) is 25.0 Å². The van der Waals surface area contributed by atoms with Gasteiger partial charge in [0.2, 0.25) is 0 Å². The Bertz CT molecular complexity index is 729.